The number of carboxylic acids is 1. The average molecular weight is 390 g/mol. The molecule has 2 atom stereocenters. The van der Waals surface area contributed by atoms with Crippen LogP contribution in [0, 0.1) is 0 Å². The topological polar surface area (TPSA) is 161 Å². The maximum atomic E-state index is 13.0. The van der Waals surface area contributed by atoms with Gasteiger partial charge in [-0.05, 0) is 43.2 Å². The van der Waals surface area contributed by atoms with Gasteiger partial charge in [-0.1, -0.05) is 6.07 Å². The van der Waals surface area contributed by atoms with E-state index in [1.807, 2.05) is 6.07 Å². The minimum absolute atomic E-state index is 0.164. The molecule has 1 amide bonds. The Morgan fingerprint density at radius 2 is 2.07 bits per heavy atom. The molecule has 28 heavy (non-hydrogen) atoms. The molecule has 0 bridgehead atoms. The fourth-order valence-electron chi connectivity index (χ4n) is 3.80. The van der Waals surface area contributed by atoms with Crippen LogP contribution in [0.4, 0.5) is 0 Å². The summed E-state index contributed by atoms with van der Waals surface area (Å²) in [7, 11) is -1.23. The van der Waals surface area contributed by atoms with Crippen LogP contribution in [0.3, 0.4) is 0 Å². The summed E-state index contributed by atoms with van der Waals surface area (Å²) >= 11 is 0. The Bertz CT molecular complexity index is 743. The van der Waals surface area contributed by atoms with Crippen molar-refractivity contribution in [3.63, 3.8) is 0 Å². The molecule has 0 unspecified atom stereocenters. The van der Waals surface area contributed by atoms with Gasteiger partial charge < -0.3 is 31.6 Å². The largest absolute Gasteiger partial charge is 0.481 e. The number of aliphatic carboxylic acids is 1. The predicted molar refractivity (Wildman–Crippen MR) is 102 cm³/mol. The zero-order valence-electron chi connectivity index (χ0n) is 15.8. The molecule has 3 rings (SSSR count). The van der Waals surface area contributed by atoms with Crippen LogP contribution in [0.25, 0.3) is 0 Å². The summed E-state index contributed by atoms with van der Waals surface area (Å²) in [5, 5.41) is 22.1. The minimum atomic E-state index is -1.23. The number of nitrogens with one attached hydrogen (secondary N) is 1. The van der Waals surface area contributed by atoms with E-state index in [0.29, 0.717) is 38.6 Å². The van der Waals surface area contributed by atoms with Crippen LogP contribution in [0.2, 0.25) is 0 Å². The fourth-order valence-corrected chi connectivity index (χ4v) is 3.80. The normalized spacial score (nSPS) is 23.8. The number of hydrogen-bond acceptors (Lipinski definition) is 7. The number of carbonyl (C=O) groups excluding carboxylic acids is 1. The lowest BCUT2D eigenvalue weighted by atomic mass is 9.76. The van der Waals surface area contributed by atoms with Gasteiger partial charge in [-0.25, -0.2) is 0 Å². The zero-order chi connectivity index (χ0) is 20.3. The summed E-state index contributed by atoms with van der Waals surface area (Å²) in [6, 6.07) is 1.89. The fraction of sp³-hybridized carbons (Fsp3) is 0.611. The summed E-state index contributed by atoms with van der Waals surface area (Å²) < 4.78 is 5.46. The highest BCUT2D eigenvalue weighted by Crippen LogP contribution is 2.48. The molecule has 2 heterocycles. The lowest BCUT2D eigenvalue weighted by Gasteiger charge is -2.23. The first-order valence-electron chi connectivity index (χ1n) is 9.64. The van der Waals surface area contributed by atoms with Crippen molar-refractivity contribution in [3.8, 4) is 0 Å². The molecule has 1 aliphatic carbocycles. The van der Waals surface area contributed by atoms with Crippen LogP contribution in [0.5, 0.6) is 0 Å². The van der Waals surface area contributed by atoms with Crippen LogP contribution in [0.1, 0.15) is 55.3 Å². The van der Waals surface area contributed by atoms with Crippen molar-refractivity contribution >= 4 is 19.0 Å². The van der Waals surface area contributed by atoms with E-state index in [2.05, 4.69) is 10.3 Å². The molecule has 10 heteroatoms. The summed E-state index contributed by atoms with van der Waals surface area (Å²) in [6.07, 6.45) is 4.07. The number of hydrogen-bond donors (Lipinski definition) is 5. The molecule has 1 aromatic rings. The summed E-state index contributed by atoms with van der Waals surface area (Å²) in [5.74, 6) is -1.73. The van der Waals surface area contributed by atoms with E-state index in [1.54, 1.807) is 6.20 Å². The van der Waals surface area contributed by atoms with Crippen molar-refractivity contribution < 1.29 is 24.4 Å². The highest BCUT2D eigenvalue weighted by atomic mass is 16.5. The van der Waals surface area contributed by atoms with Crippen LogP contribution >= 0.6 is 0 Å². The van der Waals surface area contributed by atoms with Gasteiger partial charge in [0.1, 0.15) is 0 Å². The number of carboxylic acid groups (broad SMARTS) is 1. The lowest BCUT2D eigenvalue weighted by Crippen LogP contribution is -2.51. The maximum absolute atomic E-state index is 13.0. The molecule has 1 aromatic heterocycles. The first kappa shape index (κ1) is 20.7. The van der Waals surface area contributed by atoms with Gasteiger partial charge in [0.05, 0.1) is 29.6 Å². The Kier molecular flexibility index (Phi) is 6.34. The number of carbonyl (C=O) groups is 2. The van der Waals surface area contributed by atoms with E-state index in [-0.39, 0.29) is 18.9 Å². The Hall–Kier alpha value is -2.01. The van der Waals surface area contributed by atoms with Crippen LogP contribution in [-0.4, -0.2) is 46.2 Å². The predicted octanol–water partition coefficient (Wildman–Crippen LogP) is -0.421. The second kappa shape index (κ2) is 8.56. The van der Waals surface area contributed by atoms with Gasteiger partial charge in [0.2, 0.25) is 5.91 Å². The molecule has 2 fully saturated rings. The molecular formula is C18H27BN4O5. The van der Waals surface area contributed by atoms with Gasteiger partial charge in [0, 0.05) is 19.3 Å². The Morgan fingerprint density at radius 3 is 2.68 bits per heavy atom. The number of nitrogens with two attached hydrogens (primary N) is 2. The molecule has 9 nitrogen and oxygen atoms in total. The van der Waals surface area contributed by atoms with E-state index in [9.17, 15) is 14.6 Å². The van der Waals surface area contributed by atoms with Crippen LogP contribution < -0.4 is 16.8 Å². The van der Waals surface area contributed by atoms with Gasteiger partial charge in [-0.3, -0.25) is 14.6 Å². The Labute approximate surface area is 164 Å². The zero-order valence-corrected chi connectivity index (χ0v) is 15.8. The van der Waals surface area contributed by atoms with E-state index >= 15 is 0 Å². The summed E-state index contributed by atoms with van der Waals surface area (Å²) in [5.41, 5.74) is 13.1. The van der Waals surface area contributed by atoms with E-state index < -0.39 is 30.5 Å². The standard InChI is InChI=1S/C18H27BN4O5/c20-8-11-6-12(10-22-14(11)9-21)18(4-5-18)17(26)23-15-3-1-2-13(7-16(24)25)28-19(15)27/h6,10,13,15,27H,1-5,7-9,20-21H2,(H,23,26)(H,24,25)/t13-,15+/m1/s1. The summed E-state index contributed by atoms with van der Waals surface area (Å²) in [4.78, 5) is 28.3. The Balaban J connectivity index is 1.69. The first-order chi connectivity index (χ1) is 13.4. The number of aromatic nitrogens is 1. The average Bonchev–Trinajstić information content (AvgIpc) is 3.48. The number of pyridine rings is 1. The molecule has 0 spiro atoms. The molecular weight excluding hydrogens is 363 g/mol. The van der Waals surface area contributed by atoms with Crippen LogP contribution in [-0.2, 0) is 32.7 Å². The highest BCUT2D eigenvalue weighted by Gasteiger charge is 2.52. The molecule has 1 aliphatic heterocycles. The van der Waals surface area contributed by atoms with Crippen molar-refractivity contribution in [1.29, 1.82) is 0 Å². The third kappa shape index (κ3) is 4.35. The maximum Gasteiger partial charge on any atom is 0.478 e. The number of rotatable bonds is 7. The Morgan fingerprint density at radius 1 is 1.32 bits per heavy atom. The molecule has 2 aliphatic rings. The first-order valence-corrected chi connectivity index (χ1v) is 9.64. The molecule has 1 saturated carbocycles. The van der Waals surface area contributed by atoms with E-state index in [0.717, 1.165) is 16.8 Å². The molecule has 1 saturated heterocycles. The van der Waals surface area contributed by atoms with E-state index in [1.165, 1.54) is 0 Å². The third-order valence-electron chi connectivity index (χ3n) is 5.65. The van der Waals surface area contributed by atoms with Gasteiger partial charge in [-0.15, -0.1) is 0 Å². The van der Waals surface area contributed by atoms with Crippen molar-refractivity contribution in [2.24, 2.45) is 11.5 Å². The highest BCUT2D eigenvalue weighted by molar-refractivity contribution is 6.45. The lowest BCUT2D eigenvalue weighted by molar-refractivity contribution is -0.139. The monoisotopic (exact) mass is 390 g/mol. The molecule has 7 N–H and O–H groups in total. The van der Waals surface area contributed by atoms with Gasteiger partial charge in [0.25, 0.3) is 0 Å². The SMILES string of the molecule is NCc1cc(C2(C(=O)N[C@H]3CCC[C@H](CC(=O)O)OB3O)CC2)cnc1CN. The number of amides is 1. The van der Waals surface area contributed by atoms with Crippen molar-refractivity contribution in [2.45, 2.75) is 69.1 Å². The molecule has 0 radical (unpaired) electrons. The quantitative estimate of drug-likeness (QED) is 0.392. The second-order valence-electron chi connectivity index (χ2n) is 7.58. The van der Waals surface area contributed by atoms with Crippen molar-refractivity contribution in [3.05, 3.63) is 29.1 Å². The molecule has 152 valence electrons. The minimum Gasteiger partial charge on any atom is -0.481 e. The smallest absolute Gasteiger partial charge is 0.478 e. The van der Waals surface area contributed by atoms with Gasteiger partial charge in [-0.2, -0.15) is 0 Å². The second-order valence-corrected chi connectivity index (χ2v) is 7.58. The van der Waals surface area contributed by atoms with Crippen molar-refractivity contribution in [2.75, 3.05) is 0 Å². The van der Waals surface area contributed by atoms with Crippen LogP contribution in [0.15, 0.2) is 12.3 Å². The van der Waals surface area contributed by atoms with Gasteiger partial charge in [0.15, 0.2) is 0 Å². The number of nitrogens with zero attached hydrogens (tertiary/aromatic N) is 1. The van der Waals surface area contributed by atoms with Crippen molar-refractivity contribution in [1.82, 2.24) is 10.3 Å². The summed E-state index contributed by atoms with van der Waals surface area (Å²) in [6.45, 7) is 0.584. The van der Waals surface area contributed by atoms with E-state index in [4.69, 9.17) is 21.2 Å². The molecule has 0 aromatic carbocycles. The van der Waals surface area contributed by atoms with Gasteiger partial charge >= 0.3 is 13.1 Å². The third-order valence-corrected chi connectivity index (χ3v) is 5.65.